The van der Waals surface area contributed by atoms with E-state index in [0.717, 1.165) is 0 Å². The van der Waals surface area contributed by atoms with E-state index in [1.165, 1.54) is 19.4 Å². The Balaban J connectivity index is 2.83. The maximum Gasteiger partial charge on any atom is 0.356 e. The standard InChI is InChI=1S/C10H8FNO2/c1-14-10(13)9-5-4-8(7-12-9)3-2-6-11/h4-5,7H,6H2,1H3. The molecular weight excluding hydrogens is 185 g/mol. The summed E-state index contributed by atoms with van der Waals surface area (Å²) >= 11 is 0. The molecular formula is C10H8FNO2. The van der Waals surface area contributed by atoms with E-state index in [0.29, 0.717) is 5.56 Å². The van der Waals surface area contributed by atoms with E-state index >= 15 is 0 Å². The minimum absolute atomic E-state index is 0.207. The van der Waals surface area contributed by atoms with E-state index in [1.807, 2.05) is 0 Å². The molecule has 3 nitrogen and oxygen atoms in total. The first-order valence-electron chi connectivity index (χ1n) is 3.87. The largest absolute Gasteiger partial charge is 0.464 e. The van der Waals surface area contributed by atoms with Crippen molar-refractivity contribution >= 4 is 5.97 Å². The van der Waals surface area contributed by atoms with Gasteiger partial charge in [-0.25, -0.2) is 14.2 Å². The Morgan fingerprint density at radius 3 is 2.93 bits per heavy atom. The van der Waals surface area contributed by atoms with Crippen molar-refractivity contribution in [2.45, 2.75) is 0 Å². The van der Waals surface area contributed by atoms with Crippen LogP contribution >= 0.6 is 0 Å². The zero-order valence-electron chi connectivity index (χ0n) is 7.58. The first-order valence-corrected chi connectivity index (χ1v) is 3.87. The van der Waals surface area contributed by atoms with Gasteiger partial charge in [-0.2, -0.15) is 0 Å². The summed E-state index contributed by atoms with van der Waals surface area (Å²) in [5.74, 6) is 4.29. The molecule has 0 bridgehead atoms. The highest BCUT2D eigenvalue weighted by molar-refractivity contribution is 5.87. The number of carbonyl (C=O) groups is 1. The summed E-state index contributed by atoms with van der Waals surface area (Å²) in [5, 5.41) is 0. The molecule has 4 heteroatoms. The summed E-state index contributed by atoms with van der Waals surface area (Å²) < 4.78 is 16.1. The number of carbonyl (C=O) groups excluding carboxylic acids is 1. The topological polar surface area (TPSA) is 39.2 Å². The SMILES string of the molecule is COC(=O)c1ccc(C#CCF)cn1. The fourth-order valence-corrected chi connectivity index (χ4v) is 0.829. The van der Waals surface area contributed by atoms with Crippen LogP contribution in [0.2, 0.25) is 0 Å². The van der Waals surface area contributed by atoms with E-state index in [9.17, 15) is 9.18 Å². The zero-order chi connectivity index (χ0) is 10.4. The van der Waals surface area contributed by atoms with Gasteiger partial charge >= 0.3 is 5.97 Å². The van der Waals surface area contributed by atoms with Crippen molar-refractivity contribution in [2.24, 2.45) is 0 Å². The number of esters is 1. The van der Waals surface area contributed by atoms with Crippen molar-refractivity contribution in [3.63, 3.8) is 0 Å². The Morgan fingerprint density at radius 1 is 1.64 bits per heavy atom. The molecule has 1 aromatic rings. The number of rotatable bonds is 1. The maximum absolute atomic E-state index is 11.7. The predicted molar refractivity (Wildman–Crippen MR) is 48.4 cm³/mol. The van der Waals surface area contributed by atoms with Gasteiger partial charge in [0.2, 0.25) is 0 Å². The highest BCUT2D eigenvalue weighted by Gasteiger charge is 2.04. The molecule has 72 valence electrons. The Kier molecular flexibility index (Phi) is 3.62. The average molecular weight is 193 g/mol. The van der Waals surface area contributed by atoms with Crippen molar-refractivity contribution in [3.05, 3.63) is 29.6 Å². The highest BCUT2D eigenvalue weighted by Crippen LogP contribution is 2.00. The molecule has 0 aliphatic heterocycles. The van der Waals surface area contributed by atoms with Crippen LogP contribution in [0.4, 0.5) is 4.39 Å². The summed E-state index contributed by atoms with van der Waals surface area (Å²) in [7, 11) is 1.28. The van der Waals surface area contributed by atoms with Gasteiger partial charge in [0.15, 0.2) is 6.67 Å². The molecule has 0 amide bonds. The van der Waals surface area contributed by atoms with Crippen LogP contribution in [0.15, 0.2) is 18.3 Å². The average Bonchev–Trinajstić information content (AvgIpc) is 2.26. The molecule has 0 unspecified atom stereocenters. The van der Waals surface area contributed by atoms with Crippen LogP contribution in [0.3, 0.4) is 0 Å². The van der Waals surface area contributed by atoms with Gasteiger partial charge in [-0.3, -0.25) is 0 Å². The summed E-state index contributed by atoms with van der Waals surface area (Å²) in [4.78, 5) is 14.8. The number of alkyl halides is 1. The Hall–Kier alpha value is -1.89. The van der Waals surface area contributed by atoms with Crippen LogP contribution in [0.1, 0.15) is 16.1 Å². The van der Waals surface area contributed by atoms with E-state index in [4.69, 9.17) is 0 Å². The lowest BCUT2D eigenvalue weighted by Gasteiger charge is -1.96. The second kappa shape index (κ2) is 4.97. The van der Waals surface area contributed by atoms with Crippen LogP contribution in [-0.2, 0) is 4.74 Å². The van der Waals surface area contributed by atoms with Crippen molar-refractivity contribution < 1.29 is 13.9 Å². The second-order valence-electron chi connectivity index (χ2n) is 2.36. The molecule has 0 radical (unpaired) electrons. The van der Waals surface area contributed by atoms with Crippen LogP contribution in [-0.4, -0.2) is 24.7 Å². The molecule has 14 heavy (non-hydrogen) atoms. The van der Waals surface area contributed by atoms with Crippen molar-refractivity contribution in [2.75, 3.05) is 13.8 Å². The molecule has 1 heterocycles. The third-order valence-corrected chi connectivity index (χ3v) is 1.46. The van der Waals surface area contributed by atoms with Crippen LogP contribution in [0.25, 0.3) is 0 Å². The molecule has 0 atom stereocenters. The third-order valence-electron chi connectivity index (χ3n) is 1.46. The quantitative estimate of drug-likeness (QED) is 0.496. The predicted octanol–water partition coefficient (Wildman–Crippen LogP) is 1.19. The van der Waals surface area contributed by atoms with E-state index in [1.54, 1.807) is 6.07 Å². The van der Waals surface area contributed by atoms with Gasteiger partial charge in [0, 0.05) is 11.8 Å². The summed E-state index contributed by atoms with van der Waals surface area (Å²) in [6, 6.07) is 3.07. The van der Waals surface area contributed by atoms with Crippen LogP contribution in [0, 0.1) is 11.8 Å². The van der Waals surface area contributed by atoms with Crippen molar-refractivity contribution in [1.82, 2.24) is 4.98 Å². The number of pyridine rings is 1. The number of hydrogen-bond donors (Lipinski definition) is 0. The molecule has 0 saturated heterocycles. The number of hydrogen-bond acceptors (Lipinski definition) is 3. The minimum Gasteiger partial charge on any atom is -0.464 e. The van der Waals surface area contributed by atoms with Crippen molar-refractivity contribution in [3.8, 4) is 11.8 Å². The lowest BCUT2D eigenvalue weighted by molar-refractivity contribution is 0.0594. The van der Waals surface area contributed by atoms with Crippen molar-refractivity contribution in [1.29, 1.82) is 0 Å². The molecule has 0 spiro atoms. The van der Waals surface area contributed by atoms with Gasteiger partial charge in [-0.1, -0.05) is 11.8 Å². The maximum atomic E-state index is 11.7. The Labute approximate surface area is 80.9 Å². The zero-order valence-corrected chi connectivity index (χ0v) is 7.58. The Morgan fingerprint density at radius 2 is 2.43 bits per heavy atom. The number of halogens is 1. The molecule has 0 aliphatic rings. The highest BCUT2D eigenvalue weighted by atomic mass is 19.1. The van der Waals surface area contributed by atoms with E-state index in [2.05, 4.69) is 21.6 Å². The van der Waals surface area contributed by atoms with Gasteiger partial charge in [-0.15, -0.1) is 0 Å². The van der Waals surface area contributed by atoms with Gasteiger partial charge in [0.1, 0.15) is 5.69 Å². The lowest BCUT2D eigenvalue weighted by atomic mass is 10.2. The smallest absolute Gasteiger partial charge is 0.356 e. The molecule has 1 rings (SSSR count). The summed E-state index contributed by atoms with van der Waals surface area (Å²) in [6.07, 6.45) is 1.40. The summed E-state index contributed by atoms with van der Waals surface area (Å²) in [6.45, 7) is -0.696. The third kappa shape index (κ3) is 2.56. The van der Waals surface area contributed by atoms with Crippen LogP contribution < -0.4 is 0 Å². The Bertz CT molecular complexity index is 375. The van der Waals surface area contributed by atoms with Crippen LogP contribution in [0.5, 0.6) is 0 Å². The molecule has 0 N–H and O–H groups in total. The molecule has 1 aromatic heterocycles. The fourth-order valence-electron chi connectivity index (χ4n) is 0.829. The molecule has 0 saturated carbocycles. The van der Waals surface area contributed by atoms with E-state index in [-0.39, 0.29) is 5.69 Å². The fraction of sp³-hybridized carbons (Fsp3) is 0.200. The minimum atomic E-state index is -0.696. The second-order valence-corrected chi connectivity index (χ2v) is 2.36. The van der Waals surface area contributed by atoms with Gasteiger partial charge < -0.3 is 4.74 Å². The normalized spacial score (nSPS) is 8.71. The summed E-state index contributed by atoms with van der Waals surface area (Å²) in [5.41, 5.74) is 0.772. The molecule has 0 aliphatic carbocycles. The number of ether oxygens (including phenoxy) is 1. The molecule has 0 aromatic carbocycles. The van der Waals surface area contributed by atoms with Gasteiger partial charge in [0.05, 0.1) is 7.11 Å². The van der Waals surface area contributed by atoms with E-state index < -0.39 is 12.6 Å². The lowest BCUT2D eigenvalue weighted by Crippen LogP contribution is -2.03. The van der Waals surface area contributed by atoms with Gasteiger partial charge in [-0.05, 0) is 12.1 Å². The number of methoxy groups -OCH3 is 1. The first kappa shape index (κ1) is 10.2. The molecule has 0 fully saturated rings. The first-order chi connectivity index (χ1) is 6.77. The number of nitrogens with zero attached hydrogens (tertiary/aromatic N) is 1. The number of aromatic nitrogens is 1. The monoisotopic (exact) mass is 193 g/mol. The van der Waals surface area contributed by atoms with Gasteiger partial charge in [0.25, 0.3) is 0 Å².